The number of nitrogens with zero attached hydrogens (tertiary/aromatic N) is 2. The van der Waals surface area contributed by atoms with Crippen LogP contribution in [0, 0.1) is 11.6 Å². The Kier molecular flexibility index (Phi) is 4.89. The standard InChI is InChI=1S/C22H21F5N2/c1-13-9-20-18(12-28(13)2)17-10-16(23)11-19(24)21(17)29(20)8-7-14-3-5-15(6-4-14)22(25,26)27/h3-6,10-11,13H,7-9,12H2,1-2H3. The molecule has 0 bridgehead atoms. The van der Waals surface area contributed by atoms with Crippen LogP contribution in [0.3, 0.4) is 0 Å². The molecule has 29 heavy (non-hydrogen) atoms. The molecule has 7 heteroatoms. The second-order valence-electron chi connectivity index (χ2n) is 7.77. The molecule has 2 heterocycles. The highest BCUT2D eigenvalue weighted by atomic mass is 19.4. The largest absolute Gasteiger partial charge is 0.416 e. The van der Waals surface area contributed by atoms with Crippen molar-refractivity contribution in [3.63, 3.8) is 0 Å². The van der Waals surface area contributed by atoms with Crippen LogP contribution in [0.2, 0.25) is 0 Å². The molecule has 1 unspecified atom stereocenters. The summed E-state index contributed by atoms with van der Waals surface area (Å²) in [6.07, 6.45) is -3.21. The molecule has 0 saturated carbocycles. The zero-order valence-electron chi connectivity index (χ0n) is 16.2. The predicted molar refractivity (Wildman–Crippen MR) is 102 cm³/mol. The van der Waals surface area contributed by atoms with Gasteiger partial charge in [0.2, 0.25) is 0 Å². The Labute approximate surface area is 165 Å². The van der Waals surface area contributed by atoms with Gasteiger partial charge in [-0.05, 0) is 49.7 Å². The first-order valence-corrected chi connectivity index (χ1v) is 9.50. The summed E-state index contributed by atoms with van der Waals surface area (Å²) in [5.74, 6) is -1.23. The summed E-state index contributed by atoms with van der Waals surface area (Å²) in [6.45, 7) is 3.09. The molecule has 1 aromatic heterocycles. The molecule has 0 radical (unpaired) electrons. The third-order valence-corrected chi connectivity index (χ3v) is 5.85. The summed E-state index contributed by atoms with van der Waals surface area (Å²) < 4.78 is 68.7. The highest BCUT2D eigenvalue weighted by molar-refractivity contribution is 5.86. The van der Waals surface area contributed by atoms with Crippen molar-refractivity contribution >= 4 is 10.9 Å². The van der Waals surface area contributed by atoms with Gasteiger partial charge in [0.1, 0.15) is 11.6 Å². The quantitative estimate of drug-likeness (QED) is 0.516. The molecular weight excluding hydrogens is 387 g/mol. The molecular formula is C22H21F5N2. The van der Waals surface area contributed by atoms with Gasteiger partial charge in [-0.15, -0.1) is 0 Å². The Balaban J connectivity index is 1.71. The van der Waals surface area contributed by atoms with Crippen LogP contribution in [0.5, 0.6) is 0 Å². The average Bonchev–Trinajstić information content (AvgIpc) is 2.93. The van der Waals surface area contributed by atoms with Gasteiger partial charge in [0, 0.05) is 42.7 Å². The van der Waals surface area contributed by atoms with Gasteiger partial charge in [0.25, 0.3) is 0 Å². The highest BCUT2D eigenvalue weighted by Crippen LogP contribution is 2.35. The van der Waals surface area contributed by atoms with E-state index in [0.717, 1.165) is 35.0 Å². The minimum absolute atomic E-state index is 0.254. The van der Waals surface area contributed by atoms with Crippen LogP contribution in [0.4, 0.5) is 22.0 Å². The lowest BCUT2D eigenvalue weighted by atomic mass is 10.00. The number of benzene rings is 2. The van der Waals surface area contributed by atoms with E-state index in [4.69, 9.17) is 0 Å². The van der Waals surface area contributed by atoms with Gasteiger partial charge >= 0.3 is 6.18 Å². The van der Waals surface area contributed by atoms with Gasteiger partial charge in [-0.3, -0.25) is 4.90 Å². The molecule has 2 aromatic carbocycles. The van der Waals surface area contributed by atoms with E-state index in [1.807, 2.05) is 11.6 Å². The smallest absolute Gasteiger partial charge is 0.341 e. The van der Waals surface area contributed by atoms with Crippen LogP contribution < -0.4 is 0 Å². The molecule has 0 spiro atoms. The number of halogens is 5. The van der Waals surface area contributed by atoms with Gasteiger partial charge in [-0.25, -0.2) is 8.78 Å². The maximum Gasteiger partial charge on any atom is 0.416 e. The third-order valence-electron chi connectivity index (χ3n) is 5.85. The van der Waals surface area contributed by atoms with Crippen LogP contribution in [0.15, 0.2) is 36.4 Å². The lowest BCUT2D eigenvalue weighted by molar-refractivity contribution is -0.137. The van der Waals surface area contributed by atoms with Crippen molar-refractivity contribution in [3.8, 4) is 0 Å². The first kappa shape index (κ1) is 19.9. The lowest BCUT2D eigenvalue weighted by Crippen LogP contribution is -2.35. The van der Waals surface area contributed by atoms with E-state index < -0.39 is 23.4 Å². The summed E-state index contributed by atoms with van der Waals surface area (Å²) in [5, 5.41) is 0.573. The number of likely N-dealkylation sites (N-methyl/N-ethyl adjacent to an activating group) is 1. The van der Waals surface area contributed by atoms with Crippen LogP contribution in [0.1, 0.15) is 29.3 Å². The number of aryl methyl sites for hydroxylation is 2. The fourth-order valence-corrected chi connectivity index (χ4v) is 4.12. The van der Waals surface area contributed by atoms with Crippen LogP contribution >= 0.6 is 0 Å². The van der Waals surface area contributed by atoms with E-state index in [-0.39, 0.29) is 6.04 Å². The molecule has 0 fully saturated rings. The molecule has 1 aliphatic rings. The van der Waals surface area contributed by atoms with Gasteiger partial charge in [-0.1, -0.05) is 12.1 Å². The fourth-order valence-electron chi connectivity index (χ4n) is 4.12. The summed E-state index contributed by atoms with van der Waals surface area (Å²) in [6, 6.07) is 7.54. The van der Waals surface area contributed by atoms with Crippen molar-refractivity contribution in [2.45, 2.75) is 45.1 Å². The SMILES string of the molecule is CC1Cc2c(c3cc(F)cc(F)c3n2CCc2ccc(C(F)(F)F)cc2)CN1C. The van der Waals surface area contributed by atoms with Gasteiger partial charge in [0.05, 0.1) is 11.1 Å². The van der Waals surface area contributed by atoms with E-state index in [9.17, 15) is 22.0 Å². The second-order valence-corrected chi connectivity index (χ2v) is 7.77. The summed E-state index contributed by atoms with van der Waals surface area (Å²) in [4.78, 5) is 2.14. The fraction of sp³-hybridized carbons (Fsp3) is 0.364. The third kappa shape index (κ3) is 3.64. The molecule has 154 valence electrons. The summed E-state index contributed by atoms with van der Waals surface area (Å²) >= 11 is 0. The first-order chi connectivity index (χ1) is 13.6. The van der Waals surface area contributed by atoms with Crippen molar-refractivity contribution in [2.75, 3.05) is 7.05 Å². The maximum absolute atomic E-state index is 14.7. The molecule has 0 amide bonds. The number of hydrogen-bond donors (Lipinski definition) is 0. The van der Waals surface area contributed by atoms with E-state index in [1.54, 1.807) is 0 Å². The van der Waals surface area contributed by atoms with Crippen molar-refractivity contribution < 1.29 is 22.0 Å². The normalized spacial score (nSPS) is 17.7. The monoisotopic (exact) mass is 408 g/mol. The molecule has 0 N–H and O–H groups in total. The van der Waals surface area contributed by atoms with Crippen LogP contribution in [-0.4, -0.2) is 22.6 Å². The Morgan fingerprint density at radius 1 is 1.07 bits per heavy atom. The minimum Gasteiger partial charge on any atom is -0.341 e. The van der Waals surface area contributed by atoms with E-state index >= 15 is 0 Å². The van der Waals surface area contributed by atoms with Crippen molar-refractivity contribution in [1.82, 2.24) is 9.47 Å². The van der Waals surface area contributed by atoms with E-state index in [1.165, 1.54) is 18.2 Å². The minimum atomic E-state index is -4.37. The first-order valence-electron chi connectivity index (χ1n) is 9.50. The molecule has 0 saturated heterocycles. The van der Waals surface area contributed by atoms with E-state index in [2.05, 4.69) is 11.8 Å². The maximum atomic E-state index is 14.7. The molecule has 1 aliphatic heterocycles. The summed E-state index contributed by atoms with van der Waals surface area (Å²) in [7, 11) is 1.98. The Morgan fingerprint density at radius 3 is 2.41 bits per heavy atom. The average molecular weight is 408 g/mol. The van der Waals surface area contributed by atoms with Crippen LogP contribution in [-0.2, 0) is 32.1 Å². The van der Waals surface area contributed by atoms with Crippen molar-refractivity contribution in [3.05, 3.63) is 70.4 Å². The van der Waals surface area contributed by atoms with Gasteiger partial charge < -0.3 is 4.57 Å². The Hall–Kier alpha value is -2.41. The number of hydrogen-bond acceptors (Lipinski definition) is 1. The van der Waals surface area contributed by atoms with Crippen molar-refractivity contribution in [1.29, 1.82) is 0 Å². The van der Waals surface area contributed by atoms with Crippen LogP contribution in [0.25, 0.3) is 10.9 Å². The van der Waals surface area contributed by atoms with E-state index in [0.29, 0.717) is 36.8 Å². The Morgan fingerprint density at radius 2 is 1.76 bits per heavy atom. The molecule has 1 atom stereocenters. The number of fused-ring (bicyclic) bond motifs is 3. The molecule has 3 aromatic rings. The number of aromatic nitrogens is 1. The molecule has 0 aliphatic carbocycles. The predicted octanol–water partition coefficient (Wildman–Crippen LogP) is 5.56. The Bertz CT molecular complexity index is 1050. The molecule has 2 nitrogen and oxygen atoms in total. The molecule has 4 rings (SSSR count). The summed E-state index contributed by atoms with van der Waals surface area (Å²) in [5.41, 5.74) is 2.31. The zero-order valence-corrected chi connectivity index (χ0v) is 16.2. The highest BCUT2D eigenvalue weighted by Gasteiger charge is 2.30. The lowest BCUT2D eigenvalue weighted by Gasteiger charge is -2.31. The topological polar surface area (TPSA) is 8.17 Å². The van der Waals surface area contributed by atoms with Gasteiger partial charge in [0.15, 0.2) is 0 Å². The second kappa shape index (κ2) is 7.13. The van der Waals surface area contributed by atoms with Gasteiger partial charge in [-0.2, -0.15) is 13.2 Å². The zero-order chi connectivity index (χ0) is 20.9. The van der Waals surface area contributed by atoms with Crippen molar-refractivity contribution in [2.24, 2.45) is 0 Å². The number of rotatable bonds is 3. The number of alkyl halides is 3.